The zero-order valence-corrected chi connectivity index (χ0v) is 11.8. The van der Waals surface area contributed by atoms with E-state index in [-0.39, 0.29) is 6.10 Å². The number of allylic oxidation sites excluding steroid dienone is 1. The van der Waals surface area contributed by atoms with Gasteiger partial charge in [-0.05, 0) is 29.9 Å². The Morgan fingerprint density at radius 3 is 2.42 bits per heavy atom. The van der Waals surface area contributed by atoms with Crippen molar-refractivity contribution in [2.75, 3.05) is 14.2 Å². The third kappa shape index (κ3) is 2.08. The van der Waals surface area contributed by atoms with E-state index < -0.39 is 0 Å². The maximum Gasteiger partial charge on any atom is 0.140 e. The molecule has 0 radical (unpaired) electrons. The van der Waals surface area contributed by atoms with Crippen LogP contribution >= 0.6 is 0 Å². The van der Waals surface area contributed by atoms with Crippen LogP contribution in [0.2, 0.25) is 0 Å². The Bertz CT molecular complexity index is 484. The fourth-order valence-electron chi connectivity index (χ4n) is 3.65. The first-order valence-corrected chi connectivity index (χ1v) is 7.27. The van der Waals surface area contributed by atoms with Gasteiger partial charge in [0.25, 0.3) is 0 Å². The van der Waals surface area contributed by atoms with Gasteiger partial charge in [-0.2, -0.15) is 0 Å². The first-order valence-electron chi connectivity index (χ1n) is 7.27. The molecule has 1 unspecified atom stereocenters. The quantitative estimate of drug-likeness (QED) is 0.803. The highest BCUT2D eigenvalue weighted by atomic mass is 16.5. The summed E-state index contributed by atoms with van der Waals surface area (Å²) in [5.74, 6) is 1.68. The van der Waals surface area contributed by atoms with Crippen molar-refractivity contribution < 1.29 is 9.47 Å². The topological polar surface area (TPSA) is 18.5 Å². The van der Waals surface area contributed by atoms with Crippen LogP contribution in [0.25, 0.3) is 5.57 Å². The van der Waals surface area contributed by atoms with Crippen LogP contribution in [0.1, 0.15) is 49.3 Å². The third-order valence-electron chi connectivity index (χ3n) is 4.51. The zero-order chi connectivity index (χ0) is 13.2. The number of methoxy groups -OCH3 is 2. The molecule has 1 saturated carbocycles. The van der Waals surface area contributed by atoms with Crippen molar-refractivity contribution in [3.8, 4) is 0 Å². The van der Waals surface area contributed by atoms with Crippen LogP contribution in [0.5, 0.6) is 0 Å². The molecule has 1 aromatic carbocycles. The molecule has 3 rings (SSSR count). The van der Waals surface area contributed by atoms with E-state index in [1.54, 1.807) is 14.2 Å². The van der Waals surface area contributed by atoms with E-state index in [0.717, 1.165) is 5.76 Å². The van der Waals surface area contributed by atoms with Crippen LogP contribution in [0.15, 0.2) is 30.0 Å². The van der Waals surface area contributed by atoms with Crippen LogP contribution in [0, 0.1) is 5.92 Å². The molecule has 0 bridgehead atoms. The van der Waals surface area contributed by atoms with E-state index in [1.807, 2.05) is 0 Å². The molecule has 0 aliphatic heterocycles. The van der Waals surface area contributed by atoms with Gasteiger partial charge >= 0.3 is 0 Å². The molecule has 2 heteroatoms. The van der Waals surface area contributed by atoms with Crippen molar-refractivity contribution >= 4 is 5.57 Å². The lowest BCUT2D eigenvalue weighted by Gasteiger charge is -2.24. The minimum atomic E-state index is -0.0156. The molecule has 0 spiro atoms. The van der Waals surface area contributed by atoms with Crippen LogP contribution in [0.3, 0.4) is 0 Å². The molecule has 0 N–H and O–H groups in total. The van der Waals surface area contributed by atoms with Gasteiger partial charge in [0, 0.05) is 12.7 Å². The molecule has 2 aliphatic rings. The van der Waals surface area contributed by atoms with E-state index in [0.29, 0.717) is 5.92 Å². The van der Waals surface area contributed by atoms with Crippen molar-refractivity contribution in [2.45, 2.75) is 38.2 Å². The Morgan fingerprint density at radius 1 is 1.00 bits per heavy atom. The van der Waals surface area contributed by atoms with Gasteiger partial charge in [-0.25, -0.2) is 0 Å². The zero-order valence-electron chi connectivity index (χ0n) is 11.8. The molecule has 0 aromatic heterocycles. The Hall–Kier alpha value is -1.28. The monoisotopic (exact) mass is 258 g/mol. The number of hydrogen-bond donors (Lipinski definition) is 0. The van der Waals surface area contributed by atoms with E-state index in [2.05, 4.69) is 24.3 Å². The van der Waals surface area contributed by atoms with E-state index in [1.165, 1.54) is 48.8 Å². The molecule has 1 fully saturated rings. The number of fused-ring (bicyclic) bond motifs is 1. The summed E-state index contributed by atoms with van der Waals surface area (Å²) in [6.07, 6.45) is 6.61. The largest absolute Gasteiger partial charge is 0.498 e. The minimum Gasteiger partial charge on any atom is -0.498 e. The molecular formula is C17H22O2. The minimum absolute atomic E-state index is 0.0156. The van der Waals surface area contributed by atoms with Gasteiger partial charge in [-0.3, -0.25) is 0 Å². The van der Waals surface area contributed by atoms with Gasteiger partial charge in [0.05, 0.1) is 7.11 Å². The molecule has 2 nitrogen and oxygen atoms in total. The molecule has 1 aromatic rings. The van der Waals surface area contributed by atoms with Gasteiger partial charge < -0.3 is 9.47 Å². The third-order valence-corrected chi connectivity index (χ3v) is 4.51. The maximum atomic E-state index is 5.72. The smallest absolute Gasteiger partial charge is 0.140 e. The number of rotatable bonds is 3. The second-order valence-corrected chi connectivity index (χ2v) is 5.52. The lowest BCUT2D eigenvalue weighted by molar-refractivity contribution is 0.0827. The molecule has 1 atom stereocenters. The average molecular weight is 258 g/mol. The summed E-state index contributed by atoms with van der Waals surface area (Å²) in [5, 5.41) is 0. The van der Waals surface area contributed by atoms with Crippen LogP contribution < -0.4 is 0 Å². The predicted molar refractivity (Wildman–Crippen MR) is 76.7 cm³/mol. The Morgan fingerprint density at radius 2 is 1.74 bits per heavy atom. The lowest BCUT2D eigenvalue weighted by atomic mass is 9.81. The van der Waals surface area contributed by atoms with Gasteiger partial charge in [-0.15, -0.1) is 0 Å². The van der Waals surface area contributed by atoms with Crippen molar-refractivity contribution in [1.82, 2.24) is 0 Å². The fourth-order valence-corrected chi connectivity index (χ4v) is 3.65. The standard InChI is InChI=1S/C17H22O2/c1-18-16-14-11-7-6-10-13(14)15(17(16)19-2)12-8-4-3-5-9-12/h6-7,10-12,16H,3-5,8-9H2,1-2H3. The highest BCUT2D eigenvalue weighted by Crippen LogP contribution is 2.48. The van der Waals surface area contributed by atoms with E-state index >= 15 is 0 Å². The van der Waals surface area contributed by atoms with Crippen LogP contribution in [0.4, 0.5) is 0 Å². The van der Waals surface area contributed by atoms with Crippen LogP contribution in [-0.2, 0) is 9.47 Å². The normalized spacial score (nSPS) is 23.6. The Balaban J connectivity index is 2.06. The SMILES string of the molecule is COC1=C(C2CCCCC2)c2ccccc2C1OC. The molecule has 2 aliphatic carbocycles. The Labute approximate surface area is 115 Å². The summed E-state index contributed by atoms with van der Waals surface area (Å²) in [4.78, 5) is 0. The molecular weight excluding hydrogens is 236 g/mol. The van der Waals surface area contributed by atoms with Crippen LogP contribution in [-0.4, -0.2) is 14.2 Å². The van der Waals surface area contributed by atoms with Crippen molar-refractivity contribution in [3.05, 3.63) is 41.2 Å². The Kier molecular flexibility index (Phi) is 3.61. The van der Waals surface area contributed by atoms with Gasteiger partial charge in [0.2, 0.25) is 0 Å². The average Bonchev–Trinajstić information content (AvgIpc) is 2.81. The summed E-state index contributed by atoms with van der Waals surface area (Å²) in [7, 11) is 3.54. The summed E-state index contributed by atoms with van der Waals surface area (Å²) in [6, 6.07) is 8.59. The van der Waals surface area contributed by atoms with Gasteiger partial charge in [0.15, 0.2) is 0 Å². The number of hydrogen-bond acceptors (Lipinski definition) is 2. The second kappa shape index (κ2) is 5.38. The van der Waals surface area contributed by atoms with Gasteiger partial charge in [-0.1, -0.05) is 43.5 Å². The first-order chi connectivity index (χ1) is 9.36. The maximum absolute atomic E-state index is 5.72. The van der Waals surface area contributed by atoms with E-state index in [4.69, 9.17) is 9.47 Å². The van der Waals surface area contributed by atoms with Crippen molar-refractivity contribution in [2.24, 2.45) is 5.92 Å². The highest BCUT2D eigenvalue weighted by molar-refractivity contribution is 5.78. The molecule has 0 saturated heterocycles. The summed E-state index contributed by atoms with van der Waals surface area (Å²) >= 11 is 0. The molecule has 0 heterocycles. The van der Waals surface area contributed by atoms with Crippen molar-refractivity contribution in [3.63, 3.8) is 0 Å². The van der Waals surface area contributed by atoms with Crippen molar-refractivity contribution in [1.29, 1.82) is 0 Å². The van der Waals surface area contributed by atoms with E-state index in [9.17, 15) is 0 Å². The molecule has 0 amide bonds. The lowest BCUT2D eigenvalue weighted by Crippen LogP contribution is -2.10. The summed E-state index contributed by atoms with van der Waals surface area (Å²) in [5.41, 5.74) is 4.02. The van der Waals surface area contributed by atoms with Gasteiger partial charge in [0.1, 0.15) is 11.9 Å². The number of benzene rings is 1. The molecule has 19 heavy (non-hydrogen) atoms. The highest BCUT2D eigenvalue weighted by Gasteiger charge is 2.36. The second-order valence-electron chi connectivity index (χ2n) is 5.52. The summed E-state index contributed by atoms with van der Waals surface area (Å²) < 4.78 is 11.4. The fraction of sp³-hybridized carbons (Fsp3) is 0.529. The summed E-state index contributed by atoms with van der Waals surface area (Å²) in [6.45, 7) is 0. The first kappa shape index (κ1) is 12.7. The molecule has 102 valence electrons. The number of ether oxygens (including phenoxy) is 2. The predicted octanol–water partition coefficient (Wildman–Crippen LogP) is 4.33.